The van der Waals surface area contributed by atoms with Crippen molar-refractivity contribution in [1.82, 2.24) is 19.4 Å². The number of carboxylic acid groups (broad SMARTS) is 1. The monoisotopic (exact) mass is 414 g/mol. The van der Waals surface area contributed by atoms with Crippen LogP contribution in [0.3, 0.4) is 0 Å². The zero-order valence-corrected chi connectivity index (χ0v) is 17.3. The lowest BCUT2D eigenvalue weighted by atomic mass is 9.98. The van der Waals surface area contributed by atoms with Crippen LogP contribution in [0.2, 0.25) is 0 Å². The minimum Gasteiger partial charge on any atom is -0.480 e. The predicted octanol–water partition coefficient (Wildman–Crippen LogP) is 2.80. The fourth-order valence-corrected chi connectivity index (χ4v) is 4.39. The van der Waals surface area contributed by atoms with Gasteiger partial charge in [0.25, 0.3) is 5.56 Å². The molecule has 4 heterocycles. The first-order valence-electron chi connectivity index (χ1n) is 10.2. The number of nitrogens with one attached hydrogen (secondary N) is 1. The average molecular weight is 414 g/mol. The molecular formula is C24H22N4O3. The smallest absolute Gasteiger partial charge is 0.321 e. The Morgan fingerprint density at radius 3 is 2.77 bits per heavy atom. The number of aryl methyl sites for hydroxylation is 2. The van der Waals surface area contributed by atoms with Crippen molar-refractivity contribution < 1.29 is 9.90 Å². The Morgan fingerprint density at radius 1 is 1.19 bits per heavy atom. The third kappa shape index (κ3) is 3.23. The Kier molecular flexibility index (Phi) is 4.48. The van der Waals surface area contributed by atoms with Crippen LogP contribution in [0.1, 0.15) is 17.0 Å². The number of carbonyl (C=O) groups is 1. The number of aromatic nitrogens is 3. The number of pyridine rings is 2. The van der Waals surface area contributed by atoms with Gasteiger partial charge in [-0.3, -0.25) is 24.5 Å². The standard InChI is InChI=1S/C24H22N4O3/c1-14-4-3-5-19(26-14)15-8-9-28(23(29)10-15)16-6-7-17-18-12-20(24(30)31)25-13-22(18)27(2)21(17)11-16/h3-11,20,25H,12-13H2,1-2H3,(H,30,31). The van der Waals surface area contributed by atoms with Crippen LogP contribution in [0.4, 0.5) is 0 Å². The number of hydrogen-bond acceptors (Lipinski definition) is 4. The van der Waals surface area contributed by atoms with Gasteiger partial charge in [0.2, 0.25) is 0 Å². The maximum absolute atomic E-state index is 12.9. The van der Waals surface area contributed by atoms with Crippen molar-refractivity contribution in [3.8, 4) is 16.9 Å². The van der Waals surface area contributed by atoms with E-state index in [1.54, 1.807) is 16.8 Å². The Balaban J connectivity index is 1.57. The molecule has 3 aromatic heterocycles. The van der Waals surface area contributed by atoms with Crippen LogP contribution in [-0.2, 0) is 24.8 Å². The van der Waals surface area contributed by atoms with E-state index in [1.807, 2.05) is 56.4 Å². The summed E-state index contributed by atoms with van der Waals surface area (Å²) in [5.41, 5.74) is 6.21. The molecule has 4 aromatic rings. The Bertz CT molecular complexity index is 1400. The maximum Gasteiger partial charge on any atom is 0.321 e. The van der Waals surface area contributed by atoms with Gasteiger partial charge < -0.3 is 9.67 Å². The topological polar surface area (TPSA) is 89.1 Å². The molecule has 0 bridgehead atoms. The van der Waals surface area contributed by atoms with Gasteiger partial charge in [-0.2, -0.15) is 0 Å². The van der Waals surface area contributed by atoms with Crippen molar-refractivity contribution in [2.75, 3.05) is 0 Å². The average Bonchev–Trinajstić information content (AvgIpc) is 3.05. The minimum atomic E-state index is -0.839. The van der Waals surface area contributed by atoms with Gasteiger partial charge in [0.05, 0.1) is 16.9 Å². The molecule has 31 heavy (non-hydrogen) atoms. The number of aliphatic carboxylic acids is 1. The molecule has 5 rings (SSSR count). The molecule has 0 amide bonds. The molecule has 7 nitrogen and oxygen atoms in total. The lowest BCUT2D eigenvalue weighted by Gasteiger charge is -2.21. The summed E-state index contributed by atoms with van der Waals surface area (Å²) in [7, 11) is 1.98. The first-order valence-corrected chi connectivity index (χ1v) is 10.2. The molecule has 1 unspecified atom stereocenters. The van der Waals surface area contributed by atoms with Crippen molar-refractivity contribution in [3.63, 3.8) is 0 Å². The number of nitrogens with zero attached hydrogens (tertiary/aromatic N) is 3. The first kappa shape index (κ1) is 19.3. The molecule has 0 saturated carbocycles. The zero-order chi connectivity index (χ0) is 21.7. The third-order valence-electron chi connectivity index (χ3n) is 6.03. The van der Waals surface area contributed by atoms with Crippen molar-refractivity contribution in [1.29, 1.82) is 0 Å². The van der Waals surface area contributed by atoms with Crippen molar-refractivity contribution in [2.45, 2.75) is 25.9 Å². The fraction of sp³-hybridized carbons (Fsp3) is 0.208. The molecule has 2 N–H and O–H groups in total. The highest BCUT2D eigenvalue weighted by Gasteiger charge is 2.28. The number of benzene rings is 1. The molecule has 0 spiro atoms. The van der Waals surface area contributed by atoms with Gasteiger partial charge in [-0.05, 0) is 42.8 Å². The molecule has 1 aliphatic rings. The molecule has 0 fully saturated rings. The van der Waals surface area contributed by atoms with Crippen molar-refractivity contribution in [2.24, 2.45) is 7.05 Å². The van der Waals surface area contributed by atoms with E-state index in [0.717, 1.165) is 44.8 Å². The van der Waals surface area contributed by atoms with Gasteiger partial charge >= 0.3 is 5.97 Å². The second-order valence-corrected chi connectivity index (χ2v) is 7.95. The Labute approximate surface area is 178 Å². The lowest BCUT2D eigenvalue weighted by Crippen LogP contribution is -2.41. The summed E-state index contributed by atoms with van der Waals surface area (Å²) < 4.78 is 3.69. The van der Waals surface area contributed by atoms with Gasteiger partial charge in [0.15, 0.2) is 0 Å². The fourth-order valence-electron chi connectivity index (χ4n) is 4.39. The highest BCUT2D eigenvalue weighted by Crippen LogP contribution is 2.30. The largest absolute Gasteiger partial charge is 0.480 e. The van der Waals surface area contributed by atoms with Crippen LogP contribution in [0.25, 0.3) is 27.8 Å². The molecular weight excluding hydrogens is 392 g/mol. The van der Waals surface area contributed by atoms with E-state index in [4.69, 9.17) is 0 Å². The van der Waals surface area contributed by atoms with Crippen LogP contribution >= 0.6 is 0 Å². The molecule has 1 aliphatic heterocycles. The van der Waals surface area contributed by atoms with Crippen LogP contribution in [0.5, 0.6) is 0 Å². The summed E-state index contributed by atoms with van der Waals surface area (Å²) >= 11 is 0. The summed E-state index contributed by atoms with van der Waals surface area (Å²) in [5.74, 6) is -0.839. The van der Waals surface area contributed by atoms with E-state index in [0.29, 0.717) is 13.0 Å². The van der Waals surface area contributed by atoms with Gasteiger partial charge in [0.1, 0.15) is 6.04 Å². The van der Waals surface area contributed by atoms with Gasteiger partial charge in [-0.25, -0.2) is 0 Å². The summed E-state index contributed by atoms with van der Waals surface area (Å²) in [4.78, 5) is 28.8. The van der Waals surface area contributed by atoms with Gasteiger partial charge in [-0.1, -0.05) is 12.1 Å². The normalized spacial score (nSPS) is 15.7. The number of rotatable bonds is 3. The molecule has 0 saturated heterocycles. The Morgan fingerprint density at radius 2 is 2.03 bits per heavy atom. The molecule has 1 atom stereocenters. The van der Waals surface area contributed by atoms with Crippen molar-refractivity contribution in [3.05, 3.63) is 82.0 Å². The molecule has 156 valence electrons. The second kappa shape index (κ2) is 7.21. The van der Waals surface area contributed by atoms with Crippen LogP contribution in [0.15, 0.2) is 59.5 Å². The third-order valence-corrected chi connectivity index (χ3v) is 6.03. The summed E-state index contributed by atoms with van der Waals surface area (Å²) in [5, 5.41) is 13.5. The number of carboxylic acids is 1. The molecule has 7 heteroatoms. The maximum atomic E-state index is 12.9. The Hall–Kier alpha value is -3.71. The minimum absolute atomic E-state index is 0.133. The van der Waals surface area contributed by atoms with E-state index >= 15 is 0 Å². The highest BCUT2D eigenvalue weighted by molar-refractivity contribution is 5.88. The summed E-state index contributed by atoms with van der Waals surface area (Å²) in [6.07, 6.45) is 2.22. The van der Waals surface area contributed by atoms with Crippen LogP contribution in [-0.4, -0.2) is 31.2 Å². The number of fused-ring (bicyclic) bond motifs is 3. The van der Waals surface area contributed by atoms with Crippen molar-refractivity contribution >= 4 is 16.9 Å². The van der Waals surface area contributed by atoms with E-state index in [1.165, 1.54) is 0 Å². The van der Waals surface area contributed by atoms with E-state index in [2.05, 4.69) is 14.9 Å². The first-order chi connectivity index (χ1) is 14.9. The molecule has 0 radical (unpaired) electrons. The summed E-state index contributed by atoms with van der Waals surface area (Å²) in [6, 6.07) is 14.5. The van der Waals surface area contributed by atoms with E-state index in [9.17, 15) is 14.7 Å². The van der Waals surface area contributed by atoms with Gasteiger partial charge in [-0.15, -0.1) is 0 Å². The predicted molar refractivity (Wildman–Crippen MR) is 118 cm³/mol. The molecule has 0 aliphatic carbocycles. The highest BCUT2D eigenvalue weighted by atomic mass is 16.4. The van der Waals surface area contributed by atoms with Crippen LogP contribution in [0, 0.1) is 6.92 Å². The second-order valence-electron chi connectivity index (χ2n) is 7.95. The van der Waals surface area contributed by atoms with Gasteiger partial charge in [0, 0.05) is 54.6 Å². The summed E-state index contributed by atoms with van der Waals surface area (Å²) in [6.45, 7) is 2.43. The van der Waals surface area contributed by atoms with Crippen LogP contribution < -0.4 is 10.9 Å². The quantitative estimate of drug-likeness (QED) is 0.538. The molecule has 1 aromatic carbocycles. The lowest BCUT2D eigenvalue weighted by molar-refractivity contribution is -0.139. The number of hydrogen-bond donors (Lipinski definition) is 2. The zero-order valence-electron chi connectivity index (χ0n) is 17.3. The van der Waals surface area contributed by atoms with E-state index in [-0.39, 0.29) is 5.56 Å². The SMILES string of the molecule is Cc1cccc(-c2ccn(-c3ccc4c5c(n(C)c4c3)CNC(C(=O)O)C5)c(=O)c2)n1. The van der Waals surface area contributed by atoms with E-state index < -0.39 is 12.0 Å².